The first-order chi connectivity index (χ1) is 16.1. The van der Waals surface area contributed by atoms with E-state index in [2.05, 4.69) is 35.1 Å². The third kappa shape index (κ3) is 23.8. The van der Waals surface area contributed by atoms with E-state index in [0.717, 1.165) is 39.0 Å². The molecule has 0 aliphatic carbocycles. The Bertz CT molecular complexity index is 449. The van der Waals surface area contributed by atoms with Gasteiger partial charge in [-0.25, -0.2) is 0 Å². The molecule has 0 aliphatic rings. The van der Waals surface area contributed by atoms with Gasteiger partial charge in [0.05, 0.1) is 6.42 Å². The van der Waals surface area contributed by atoms with Crippen molar-refractivity contribution >= 4 is 11.9 Å². The molecule has 1 atom stereocenters. The van der Waals surface area contributed by atoms with Gasteiger partial charge < -0.3 is 26.4 Å². The summed E-state index contributed by atoms with van der Waals surface area (Å²) in [5, 5.41) is 22.0. The van der Waals surface area contributed by atoms with Crippen molar-refractivity contribution in [2.45, 2.75) is 116 Å². The average Bonchev–Trinajstić information content (AvgIpc) is 2.80. The molecular formula is C26H54N4O3. The highest BCUT2D eigenvalue weighted by Crippen LogP contribution is 2.04. The number of hydrogen-bond acceptors (Lipinski definition) is 5. The summed E-state index contributed by atoms with van der Waals surface area (Å²) >= 11 is 0. The van der Waals surface area contributed by atoms with E-state index in [9.17, 15) is 14.7 Å². The van der Waals surface area contributed by atoms with E-state index in [1.807, 2.05) is 0 Å². The summed E-state index contributed by atoms with van der Waals surface area (Å²) in [4.78, 5) is 23.5. The molecule has 0 aromatic heterocycles. The van der Waals surface area contributed by atoms with Crippen LogP contribution in [-0.4, -0.2) is 62.3 Å². The Morgan fingerprint density at radius 3 is 1.58 bits per heavy atom. The average molecular weight is 471 g/mol. The minimum atomic E-state index is -0.967. The van der Waals surface area contributed by atoms with Gasteiger partial charge in [-0.2, -0.15) is 0 Å². The summed E-state index contributed by atoms with van der Waals surface area (Å²) in [7, 11) is 0. The van der Waals surface area contributed by atoms with Crippen molar-refractivity contribution in [2.75, 3.05) is 39.3 Å². The van der Waals surface area contributed by atoms with Crippen LogP contribution in [0.3, 0.4) is 0 Å². The normalized spacial score (nSPS) is 12.1. The highest BCUT2D eigenvalue weighted by atomic mass is 16.4. The Kier molecular flexibility index (Phi) is 24.5. The number of carboxylic acid groups (broad SMARTS) is 1. The number of carbonyl (C=O) groups excluding carboxylic acids is 1. The summed E-state index contributed by atoms with van der Waals surface area (Å²) in [6, 6.07) is -0.825. The Morgan fingerprint density at radius 2 is 1.06 bits per heavy atom. The smallest absolute Gasteiger partial charge is 0.321 e. The van der Waals surface area contributed by atoms with Gasteiger partial charge in [0.2, 0.25) is 5.91 Å². The number of rotatable bonds is 26. The minimum absolute atomic E-state index is 0.0221. The maximum absolute atomic E-state index is 12.1. The van der Waals surface area contributed by atoms with Crippen molar-refractivity contribution in [3.8, 4) is 0 Å². The van der Waals surface area contributed by atoms with Crippen LogP contribution in [0.2, 0.25) is 0 Å². The second-order valence-corrected chi connectivity index (χ2v) is 9.14. The summed E-state index contributed by atoms with van der Waals surface area (Å²) in [6.07, 6.45) is 17.2. The van der Waals surface area contributed by atoms with Crippen molar-refractivity contribution in [2.24, 2.45) is 0 Å². The highest BCUT2D eigenvalue weighted by molar-refractivity contribution is 5.84. The quantitative estimate of drug-likeness (QED) is 0.121. The molecular weight excluding hydrogens is 416 g/mol. The molecule has 0 aliphatic heterocycles. The second kappa shape index (κ2) is 25.4. The van der Waals surface area contributed by atoms with Gasteiger partial charge in [0.25, 0.3) is 0 Å². The number of carbonyl (C=O) groups is 2. The fourth-order valence-electron chi connectivity index (χ4n) is 3.75. The van der Waals surface area contributed by atoms with Crippen LogP contribution in [0.15, 0.2) is 0 Å². The second-order valence-electron chi connectivity index (χ2n) is 9.14. The summed E-state index contributed by atoms with van der Waals surface area (Å²) in [5.74, 6) is -1.17. The van der Waals surface area contributed by atoms with Crippen LogP contribution in [0, 0.1) is 0 Å². The van der Waals surface area contributed by atoms with Crippen LogP contribution < -0.4 is 21.3 Å². The largest absolute Gasteiger partial charge is 0.480 e. The van der Waals surface area contributed by atoms with E-state index < -0.39 is 12.0 Å². The first-order valence-corrected chi connectivity index (χ1v) is 13.8. The van der Waals surface area contributed by atoms with E-state index in [1.54, 1.807) is 0 Å². The first kappa shape index (κ1) is 31.8. The number of unbranched alkanes of at least 4 members (excludes halogenated alkanes) is 10. The van der Waals surface area contributed by atoms with Crippen LogP contribution in [0.1, 0.15) is 110 Å². The predicted molar refractivity (Wildman–Crippen MR) is 139 cm³/mol. The van der Waals surface area contributed by atoms with E-state index >= 15 is 0 Å². The fourth-order valence-corrected chi connectivity index (χ4v) is 3.75. The van der Waals surface area contributed by atoms with Gasteiger partial charge in [-0.05, 0) is 58.4 Å². The van der Waals surface area contributed by atoms with E-state index in [1.165, 1.54) is 77.0 Å². The lowest BCUT2D eigenvalue weighted by Gasteiger charge is -2.14. The molecule has 0 saturated heterocycles. The zero-order valence-corrected chi connectivity index (χ0v) is 21.7. The van der Waals surface area contributed by atoms with Crippen molar-refractivity contribution in [1.29, 1.82) is 0 Å². The molecule has 7 heteroatoms. The minimum Gasteiger partial charge on any atom is -0.480 e. The Morgan fingerprint density at radius 1 is 0.606 bits per heavy atom. The SMILES string of the molecule is CCCCCCCCNCCCNC(=O)C[C@H](NCCCNCCCCCCCC)C(=O)O. The molecule has 1 amide bonds. The van der Waals surface area contributed by atoms with Gasteiger partial charge in [0.1, 0.15) is 6.04 Å². The van der Waals surface area contributed by atoms with Gasteiger partial charge in [-0.1, -0.05) is 78.1 Å². The highest BCUT2D eigenvalue weighted by Gasteiger charge is 2.20. The van der Waals surface area contributed by atoms with Gasteiger partial charge in [-0.15, -0.1) is 0 Å². The number of nitrogens with one attached hydrogen (secondary N) is 4. The van der Waals surface area contributed by atoms with Crippen molar-refractivity contribution in [1.82, 2.24) is 21.3 Å². The van der Waals surface area contributed by atoms with Crippen molar-refractivity contribution in [3.63, 3.8) is 0 Å². The Hall–Kier alpha value is -1.18. The third-order valence-electron chi connectivity index (χ3n) is 5.88. The van der Waals surface area contributed by atoms with E-state index in [-0.39, 0.29) is 12.3 Å². The summed E-state index contributed by atoms with van der Waals surface area (Å²) in [5.41, 5.74) is 0. The molecule has 0 rings (SSSR count). The van der Waals surface area contributed by atoms with Crippen LogP contribution in [0.25, 0.3) is 0 Å². The monoisotopic (exact) mass is 470 g/mol. The molecule has 0 aromatic rings. The number of aliphatic carboxylic acids is 1. The number of hydrogen-bond donors (Lipinski definition) is 5. The third-order valence-corrected chi connectivity index (χ3v) is 5.88. The molecule has 0 bridgehead atoms. The number of carboxylic acids is 1. The van der Waals surface area contributed by atoms with Gasteiger partial charge >= 0.3 is 5.97 Å². The molecule has 5 N–H and O–H groups in total. The molecule has 0 aromatic carbocycles. The topological polar surface area (TPSA) is 102 Å². The van der Waals surface area contributed by atoms with Crippen LogP contribution in [0.4, 0.5) is 0 Å². The molecule has 33 heavy (non-hydrogen) atoms. The van der Waals surface area contributed by atoms with Gasteiger partial charge in [0, 0.05) is 6.54 Å². The van der Waals surface area contributed by atoms with Crippen LogP contribution in [-0.2, 0) is 9.59 Å². The standard InChI is InChI=1S/C26H54N4O3/c1-3-5-7-9-11-13-17-27-19-15-21-29-24(26(32)33)23-25(31)30-22-16-20-28-18-14-12-10-8-6-4-2/h24,27-29H,3-23H2,1-2H3,(H,30,31)(H,32,33)/t24-/m0/s1. The molecule has 0 unspecified atom stereocenters. The first-order valence-electron chi connectivity index (χ1n) is 13.8. The van der Waals surface area contributed by atoms with Crippen molar-refractivity contribution in [3.05, 3.63) is 0 Å². The van der Waals surface area contributed by atoms with Gasteiger partial charge in [0.15, 0.2) is 0 Å². The summed E-state index contributed by atoms with van der Waals surface area (Å²) in [6.45, 7) is 9.42. The Balaban J connectivity index is 3.59. The zero-order chi connectivity index (χ0) is 24.4. The van der Waals surface area contributed by atoms with E-state index in [4.69, 9.17) is 0 Å². The molecule has 0 spiro atoms. The lowest BCUT2D eigenvalue weighted by atomic mass is 10.1. The molecule has 0 radical (unpaired) electrons. The van der Waals surface area contributed by atoms with Crippen molar-refractivity contribution < 1.29 is 14.7 Å². The molecule has 0 fully saturated rings. The number of amides is 1. The Labute approximate surface area is 203 Å². The lowest BCUT2D eigenvalue weighted by Crippen LogP contribution is -2.42. The molecule has 0 saturated carbocycles. The predicted octanol–water partition coefficient (Wildman–Crippen LogP) is 4.22. The van der Waals surface area contributed by atoms with Crippen LogP contribution in [0.5, 0.6) is 0 Å². The lowest BCUT2D eigenvalue weighted by molar-refractivity contribution is -0.141. The van der Waals surface area contributed by atoms with Gasteiger partial charge in [-0.3, -0.25) is 9.59 Å². The maximum Gasteiger partial charge on any atom is 0.321 e. The molecule has 7 nitrogen and oxygen atoms in total. The molecule has 196 valence electrons. The zero-order valence-electron chi connectivity index (χ0n) is 21.7. The maximum atomic E-state index is 12.1. The van der Waals surface area contributed by atoms with Crippen LogP contribution >= 0.6 is 0 Å². The summed E-state index contributed by atoms with van der Waals surface area (Å²) < 4.78 is 0. The van der Waals surface area contributed by atoms with E-state index in [0.29, 0.717) is 13.1 Å². The fraction of sp³-hybridized carbons (Fsp3) is 0.923. The molecule has 0 heterocycles.